The monoisotopic (exact) mass is 273 g/mol. The fraction of sp³-hybridized carbons (Fsp3) is 0.133. The Hall–Kier alpha value is -2.43. The van der Waals surface area contributed by atoms with Gasteiger partial charge < -0.3 is 10.6 Å². The van der Waals surface area contributed by atoms with Crippen LogP contribution < -0.4 is 10.6 Å². The van der Waals surface area contributed by atoms with E-state index < -0.39 is 11.6 Å². The summed E-state index contributed by atoms with van der Waals surface area (Å²) in [7, 11) is 0. The van der Waals surface area contributed by atoms with Crippen molar-refractivity contribution in [3.63, 3.8) is 0 Å². The first-order valence-corrected chi connectivity index (χ1v) is 6.34. The maximum Gasteiger partial charge on any atom is 0.195 e. The van der Waals surface area contributed by atoms with Gasteiger partial charge in [-0.25, -0.2) is 8.78 Å². The van der Waals surface area contributed by atoms with Gasteiger partial charge in [-0.2, -0.15) is 0 Å². The molecule has 1 heterocycles. The Balaban J connectivity index is 2.05. The summed E-state index contributed by atoms with van der Waals surface area (Å²) in [6.07, 6.45) is 0. The number of hydrogen-bond donors (Lipinski definition) is 2. The molecule has 0 saturated heterocycles. The van der Waals surface area contributed by atoms with E-state index >= 15 is 0 Å². The van der Waals surface area contributed by atoms with Crippen LogP contribution in [0.4, 0.5) is 14.5 Å². The third-order valence-corrected chi connectivity index (χ3v) is 3.09. The lowest BCUT2D eigenvalue weighted by Crippen LogP contribution is -2.26. The van der Waals surface area contributed by atoms with Crippen molar-refractivity contribution in [3.05, 3.63) is 54.1 Å². The van der Waals surface area contributed by atoms with Crippen LogP contribution in [0.15, 0.2) is 47.5 Å². The molecule has 0 bridgehead atoms. The van der Waals surface area contributed by atoms with Gasteiger partial charge in [0.1, 0.15) is 11.6 Å². The number of anilines is 1. The summed E-state index contributed by atoms with van der Waals surface area (Å²) < 4.78 is 27.8. The number of halogens is 2. The molecule has 2 N–H and O–H groups in total. The summed E-state index contributed by atoms with van der Waals surface area (Å²) in [5, 5.41) is 6.13. The van der Waals surface area contributed by atoms with Gasteiger partial charge in [0.2, 0.25) is 0 Å². The molecule has 3 nitrogen and oxygen atoms in total. The summed E-state index contributed by atoms with van der Waals surface area (Å²) in [6, 6.07) is 10.9. The molecule has 2 aromatic carbocycles. The highest BCUT2D eigenvalue weighted by Gasteiger charge is 2.15. The summed E-state index contributed by atoms with van der Waals surface area (Å²) in [5.74, 6) is -0.546. The molecule has 0 saturated carbocycles. The fourth-order valence-corrected chi connectivity index (χ4v) is 2.17. The normalized spacial score (nSPS) is 13.8. The highest BCUT2D eigenvalue weighted by atomic mass is 19.1. The van der Waals surface area contributed by atoms with Crippen LogP contribution in [-0.2, 0) is 0 Å². The minimum absolute atomic E-state index is 0.0332. The summed E-state index contributed by atoms with van der Waals surface area (Å²) in [6.45, 7) is 1.46. The molecule has 0 amide bonds. The third kappa shape index (κ3) is 2.34. The van der Waals surface area contributed by atoms with Crippen LogP contribution in [0.5, 0.6) is 0 Å². The molecule has 0 spiro atoms. The van der Waals surface area contributed by atoms with Crippen LogP contribution in [0.3, 0.4) is 0 Å². The van der Waals surface area contributed by atoms with Gasteiger partial charge in [0.25, 0.3) is 0 Å². The van der Waals surface area contributed by atoms with Crippen molar-refractivity contribution < 1.29 is 8.78 Å². The van der Waals surface area contributed by atoms with E-state index in [2.05, 4.69) is 15.6 Å². The maximum atomic E-state index is 13.9. The van der Waals surface area contributed by atoms with Gasteiger partial charge in [0.15, 0.2) is 5.96 Å². The predicted octanol–water partition coefficient (Wildman–Crippen LogP) is 3.00. The molecular formula is C15H13F2N3. The van der Waals surface area contributed by atoms with Crippen LogP contribution >= 0.6 is 0 Å². The number of para-hydroxylation sites is 1. The van der Waals surface area contributed by atoms with E-state index in [1.165, 1.54) is 18.2 Å². The standard InChI is InChI=1S/C15H13F2N3/c16-11-5-3-6-12(17)14(11)10-4-1-2-7-13(10)20-15-18-8-9-19-15/h1-7H,8-9H2,(H2,18,19,20). The van der Waals surface area contributed by atoms with Crippen molar-refractivity contribution in [1.82, 2.24) is 5.32 Å². The first kappa shape index (κ1) is 12.6. The first-order chi connectivity index (χ1) is 9.75. The summed E-state index contributed by atoms with van der Waals surface area (Å²) >= 11 is 0. The molecule has 1 aliphatic heterocycles. The molecule has 0 aliphatic carbocycles. The van der Waals surface area contributed by atoms with Crippen molar-refractivity contribution in [2.24, 2.45) is 4.99 Å². The zero-order valence-electron chi connectivity index (χ0n) is 10.7. The number of nitrogens with zero attached hydrogens (tertiary/aromatic N) is 1. The van der Waals surface area contributed by atoms with E-state index in [1.807, 2.05) is 0 Å². The van der Waals surface area contributed by atoms with Gasteiger partial charge in [-0.05, 0) is 18.2 Å². The molecule has 3 rings (SSSR count). The molecule has 5 heteroatoms. The highest BCUT2D eigenvalue weighted by Crippen LogP contribution is 2.32. The predicted molar refractivity (Wildman–Crippen MR) is 75.7 cm³/mol. The lowest BCUT2D eigenvalue weighted by Gasteiger charge is -2.13. The molecule has 1 aliphatic rings. The second kappa shape index (κ2) is 5.28. The highest BCUT2D eigenvalue weighted by molar-refractivity contribution is 5.98. The van der Waals surface area contributed by atoms with Crippen molar-refractivity contribution >= 4 is 11.6 Å². The fourth-order valence-electron chi connectivity index (χ4n) is 2.17. The topological polar surface area (TPSA) is 36.4 Å². The maximum absolute atomic E-state index is 13.9. The number of rotatable bonds is 2. The number of nitrogens with one attached hydrogen (secondary N) is 2. The molecule has 0 unspecified atom stereocenters. The Labute approximate surface area is 115 Å². The Kier molecular flexibility index (Phi) is 3.33. The first-order valence-electron chi connectivity index (χ1n) is 6.34. The lowest BCUT2D eigenvalue weighted by atomic mass is 10.0. The molecular weight excluding hydrogens is 260 g/mol. The number of guanidine groups is 1. The summed E-state index contributed by atoms with van der Waals surface area (Å²) in [5.41, 5.74) is 1.05. The largest absolute Gasteiger partial charge is 0.354 e. The van der Waals surface area contributed by atoms with Crippen molar-refractivity contribution in [2.45, 2.75) is 0 Å². The van der Waals surface area contributed by atoms with Crippen molar-refractivity contribution in [2.75, 3.05) is 18.4 Å². The quantitative estimate of drug-likeness (QED) is 0.882. The Morgan fingerprint density at radius 3 is 2.45 bits per heavy atom. The van der Waals surface area contributed by atoms with Crippen LogP contribution in [0.1, 0.15) is 0 Å². The van der Waals surface area contributed by atoms with Gasteiger partial charge >= 0.3 is 0 Å². The smallest absolute Gasteiger partial charge is 0.195 e. The summed E-state index contributed by atoms with van der Waals surface area (Å²) in [4.78, 5) is 4.22. The minimum Gasteiger partial charge on any atom is -0.354 e. The second-order valence-corrected chi connectivity index (χ2v) is 4.42. The molecule has 0 aromatic heterocycles. The Morgan fingerprint density at radius 2 is 1.75 bits per heavy atom. The Bertz CT molecular complexity index is 648. The van der Waals surface area contributed by atoms with Crippen molar-refractivity contribution in [1.29, 1.82) is 0 Å². The second-order valence-electron chi connectivity index (χ2n) is 4.42. The van der Waals surface area contributed by atoms with Gasteiger partial charge in [-0.3, -0.25) is 4.99 Å². The van der Waals surface area contributed by atoms with E-state index in [4.69, 9.17) is 0 Å². The Morgan fingerprint density at radius 1 is 1.00 bits per heavy atom. The van der Waals surface area contributed by atoms with Gasteiger partial charge in [0.05, 0.1) is 12.1 Å². The van der Waals surface area contributed by atoms with Crippen LogP contribution in [0.2, 0.25) is 0 Å². The molecule has 102 valence electrons. The third-order valence-electron chi connectivity index (χ3n) is 3.09. The SMILES string of the molecule is Fc1cccc(F)c1-c1ccccc1NC1=NCCN1. The van der Waals surface area contributed by atoms with Gasteiger partial charge in [0, 0.05) is 17.8 Å². The van der Waals surface area contributed by atoms with Gasteiger partial charge in [-0.15, -0.1) is 0 Å². The average Bonchev–Trinajstić information content (AvgIpc) is 2.93. The molecule has 0 atom stereocenters. The molecule has 0 fully saturated rings. The number of hydrogen-bond acceptors (Lipinski definition) is 3. The van der Waals surface area contributed by atoms with Gasteiger partial charge in [-0.1, -0.05) is 24.3 Å². The van der Waals surface area contributed by atoms with Crippen LogP contribution in [0, 0.1) is 11.6 Å². The number of benzene rings is 2. The zero-order valence-corrected chi connectivity index (χ0v) is 10.7. The molecule has 20 heavy (non-hydrogen) atoms. The van der Waals surface area contributed by atoms with E-state index in [9.17, 15) is 8.78 Å². The average molecular weight is 273 g/mol. The van der Waals surface area contributed by atoms with Crippen LogP contribution in [0.25, 0.3) is 11.1 Å². The van der Waals surface area contributed by atoms with E-state index in [-0.39, 0.29) is 5.56 Å². The van der Waals surface area contributed by atoms with E-state index in [1.54, 1.807) is 24.3 Å². The van der Waals surface area contributed by atoms with E-state index in [0.717, 1.165) is 6.54 Å². The molecule has 2 aromatic rings. The van der Waals surface area contributed by atoms with Crippen LogP contribution in [-0.4, -0.2) is 19.0 Å². The minimum atomic E-state index is -0.583. The van der Waals surface area contributed by atoms with E-state index in [0.29, 0.717) is 23.8 Å². The van der Waals surface area contributed by atoms with Crippen molar-refractivity contribution in [3.8, 4) is 11.1 Å². The molecule has 0 radical (unpaired) electrons. The number of aliphatic imine (C=N–C) groups is 1. The lowest BCUT2D eigenvalue weighted by molar-refractivity contribution is 0.590. The zero-order chi connectivity index (χ0) is 13.9.